The van der Waals surface area contributed by atoms with Crippen molar-refractivity contribution in [2.45, 2.75) is 19.3 Å². The average Bonchev–Trinajstić information content (AvgIpc) is 3.90. The van der Waals surface area contributed by atoms with Gasteiger partial charge in [-0.2, -0.15) is 0 Å². The highest BCUT2D eigenvalue weighted by molar-refractivity contribution is 6.10. The molecule has 0 atom stereocenters. The van der Waals surface area contributed by atoms with Crippen LogP contribution in [-0.4, -0.2) is 4.57 Å². The predicted octanol–water partition coefficient (Wildman–Crippen LogP) is 18.9. The zero-order valence-electron chi connectivity index (χ0n) is 39.8. The molecule has 0 aliphatic heterocycles. The third-order valence-electron chi connectivity index (χ3n) is 14.8. The van der Waals surface area contributed by atoms with E-state index in [0.29, 0.717) is 0 Å². The molecule has 1 aliphatic carbocycles. The molecule has 0 radical (unpaired) electrons. The summed E-state index contributed by atoms with van der Waals surface area (Å²) in [6.45, 7) is 4.78. The quantitative estimate of drug-likeness (QED) is 0.140. The van der Waals surface area contributed by atoms with E-state index in [1.165, 1.54) is 77.4 Å². The molecule has 0 saturated carbocycles. The van der Waals surface area contributed by atoms with Gasteiger partial charge in [0.25, 0.3) is 0 Å². The zero-order chi connectivity index (χ0) is 47.5. The number of nitrogens with zero attached hydrogens (tertiary/aromatic N) is 2. The van der Waals surface area contributed by atoms with Gasteiger partial charge in [0.05, 0.1) is 22.4 Å². The van der Waals surface area contributed by atoms with Crippen LogP contribution in [0.25, 0.3) is 94.3 Å². The molecule has 0 saturated heterocycles. The van der Waals surface area contributed by atoms with Gasteiger partial charge in [0.2, 0.25) is 0 Å². The molecule has 0 N–H and O–H groups in total. The lowest BCUT2D eigenvalue weighted by atomic mass is 9.77. The Labute approximate surface area is 416 Å². The van der Waals surface area contributed by atoms with E-state index in [1.54, 1.807) is 0 Å². The number of hydrogen-bond acceptors (Lipinski definition) is 1. The van der Waals surface area contributed by atoms with E-state index in [0.717, 1.165) is 45.0 Å². The third kappa shape index (κ3) is 7.10. The first-order valence-corrected chi connectivity index (χ1v) is 24.7. The molecular weight excluding hydrogens is 857 g/mol. The maximum absolute atomic E-state index is 2.51. The number of fused-ring (bicyclic) bond motifs is 6. The zero-order valence-corrected chi connectivity index (χ0v) is 39.8. The van der Waals surface area contributed by atoms with Crippen LogP contribution in [0.1, 0.15) is 25.0 Å². The van der Waals surface area contributed by atoms with Gasteiger partial charge >= 0.3 is 0 Å². The number of hydrogen-bond donors (Lipinski definition) is 0. The maximum Gasteiger partial charge on any atom is 0.0547 e. The number of para-hydroxylation sites is 2. The van der Waals surface area contributed by atoms with Crippen molar-refractivity contribution >= 4 is 38.9 Å². The minimum atomic E-state index is -0.200. The van der Waals surface area contributed by atoms with Crippen LogP contribution < -0.4 is 4.90 Å². The molecule has 0 amide bonds. The largest absolute Gasteiger partial charge is 0.309 e. The Bertz CT molecular complexity index is 3920. The maximum atomic E-state index is 2.51. The molecule has 0 fully saturated rings. The molecular formula is C69H50N2. The second kappa shape index (κ2) is 17.2. The molecule has 0 unspecified atom stereocenters. The van der Waals surface area contributed by atoms with Crippen LogP contribution >= 0.6 is 0 Å². The molecule has 336 valence electrons. The van der Waals surface area contributed by atoms with Crippen molar-refractivity contribution in [3.8, 4) is 72.4 Å². The Balaban J connectivity index is 1.04. The van der Waals surface area contributed by atoms with Crippen LogP contribution in [0.2, 0.25) is 0 Å². The van der Waals surface area contributed by atoms with Crippen molar-refractivity contribution in [2.24, 2.45) is 0 Å². The van der Waals surface area contributed by atoms with Crippen molar-refractivity contribution < 1.29 is 0 Å². The van der Waals surface area contributed by atoms with Gasteiger partial charge in [-0.15, -0.1) is 0 Å². The van der Waals surface area contributed by atoms with Gasteiger partial charge in [-0.3, -0.25) is 0 Å². The second-order valence-electron chi connectivity index (χ2n) is 19.2. The van der Waals surface area contributed by atoms with Crippen molar-refractivity contribution in [3.63, 3.8) is 0 Å². The molecule has 12 aromatic rings. The lowest BCUT2D eigenvalue weighted by Crippen LogP contribution is -2.17. The van der Waals surface area contributed by atoms with E-state index in [9.17, 15) is 0 Å². The Morgan fingerprint density at radius 3 is 1.59 bits per heavy atom. The van der Waals surface area contributed by atoms with Crippen LogP contribution in [-0.2, 0) is 5.41 Å². The minimum absolute atomic E-state index is 0.200. The van der Waals surface area contributed by atoms with Gasteiger partial charge < -0.3 is 9.47 Å². The summed E-state index contributed by atoms with van der Waals surface area (Å²) in [7, 11) is 0. The molecule has 11 aromatic carbocycles. The minimum Gasteiger partial charge on any atom is -0.309 e. The van der Waals surface area contributed by atoms with E-state index in [2.05, 4.69) is 290 Å². The van der Waals surface area contributed by atoms with Gasteiger partial charge in [0.15, 0.2) is 0 Å². The van der Waals surface area contributed by atoms with Crippen LogP contribution in [0.4, 0.5) is 17.1 Å². The van der Waals surface area contributed by atoms with E-state index >= 15 is 0 Å². The molecule has 13 rings (SSSR count). The predicted molar refractivity (Wildman–Crippen MR) is 300 cm³/mol. The average molecular weight is 907 g/mol. The number of anilines is 3. The van der Waals surface area contributed by atoms with Crippen LogP contribution in [0, 0.1) is 0 Å². The first-order valence-electron chi connectivity index (χ1n) is 24.7. The molecule has 1 aromatic heterocycles. The van der Waals surface area contributed by atoms with E-state index < -0.39 is 0 Å². The Hall–Kier alpha value is -8.98. The molecule has 1 heterocycles. The van der Waals surface area contributed by atoms with Gasteiger partial charge in [-0.05, 0) is 121 Å². The topological polar surface area (TPSA) is 8.17 Å². The van der Waals surface area contributed by atoms with Gasteiger partial charge in [-0.1, -0.05) is 226 Å². The second-order valence-corrected chi connectivity index (χ2v) is 19.2. The summed E-state index contributed by atoms with van der Waals surface area (Å²) < 4.78 is 2.40. The fourth-order valence-corrected chi connectivity index (χ4v) is 11.5. The summed E-state index contributed by atoms with van der Waals surface area (Å²) in [6.07, 6.45) is 0. The molecule has 0 bridgehead atoms. The SMILES string of the molecule is CC1(C)c2ccccc2-c2cccc(-c3cccc(N(c4ccc(-c5ccc6c7ccccc7n(-c7ccccc7)c6c5)cc4)c4ccc(-c5ccccc5)cc4-c4ccccc4)c3-c3ccccc3)c21. The first-order chi connectivity index (χ1) is 35.0. The molecule has 71 heavy (non-hydrogen) atoms. The van der Waals surface area contributed by atoms with E-state index in [1.807, 2.05) is 0 Å². The summed E-state index contributed by atoms with van der Waals surface area (Å²) in [5.41, 5.74) is 23.8. The molecule has 2 heteroatoms. The normalized spacial score (nSPS) is 12.5. The van der Waals surface area contributed by atoms with Crippen LogP contribution in [0.5, 0.6) is 0 Å². The van der Waals surface area contributed by atoms with Gasteiger partial charge in [0, 0.05) is 38.7 Å². The van der Waals surface area contributed by atoms with E-state index in [4.69, 9.17) is 0 Å². The van der Waals surface area contributed by atoms with Crippen molar-refractivity contribution in [1.29, 1.82) is 0 Å². The van der Waals surface area contributed by atoms with Gasteiger partial charge in [0.1, 0.15) is 0 Å². The van der Waals surface area contributed by atoms with E-state index in [-0.39, 0.29) is 5.41 Å². The monoisotopic (exact) mass is 906 g/mol. The number of aromatic nitrogens is 1. The fourth-order valence-electron chi connectivity index (χ4n) is 11.5. The Morgan fingerprint density at radius 1 is 0.324 bits per heavy atom. The Kier molecular flexibility index (Phi) is 10.2. The molecule has 2 nitrogen and oxygen atoms in total. The highest BCUT2D eigenvalue weighted by Crippen LogP contribution is 2.55. The summed E-state index contributed by atoms with van der Waals surface area (Å²) in [5, 5.41) is 2.49. The molecule has 1 aliphatic rings. The lowest BCUT2D eigenvalue weighted by molar-refractivity contribution is 0.662. The number of benzene rings is 11. The first kappa shape index (κ1) is 42.1. The smallest absolute Gasteiger partial charge is 0.0547 e. The van der Waals surface area contributed by atoms with Gasteiger partial charge in [-0.25, -0.2) is 0 Å². The Morgan fingerprint density at radius 2 is 0.845 bits per heavy atom. The van der Waals surface area contributed by atoms with Crippen molar-refractivity contribution in [3.05, 3.63) is 278 Å². The number of rotatable bonds is 9. The highest BCUT2D eigenvalue weighted by Gasteiger charge is 2.38. The summed E-state index contributed by atoms with van der Waals surface area (Å²) in [5.74, 6) is 0. The summed E-state index contributed by atoms with van der Waals surface area (Å²) in [4.78, 5) is 2.51. The summed E-state index contributed by atoms with van der Waals surface area (Å²) in [6, 6.07) is 98.0. The van der Waals surface area contributed by atoms with Crippen LogP contribution in [0.15, 0.2) is 267 Å². The fraction of sp³-hybridized carbons (Fsp3) is 0.0435. The lowest BCUT2D eigenvalue weighted by Gasteiger charge is -2.32. The van der Waals surface area contributed by atoms with Crippen molar-refractivity contribution in [1.82, 2.24) is 4.57 Å². The highest BCUT2D eigenvalue weighted by atomic mass is 15.1. The third-order valence-corrected chi connectivity index (χ3v) is 14.8. The van der Waals surface area contributed by atoms with Crippen molar-refractivity contribution in [2.75, 3.05) is 4.90 Å². The molecule has 0 spiro atoms. The standard InChI is InChI=1S/C69H50N2/c1-69(2)62-34-17-15-29-55(62)59-32-19-33-60(68(59)69)58-31-20-36-65(67(58)50-25-11-5-12-26-50)70(64-44-40-51(47-21-7-3-8-22-47)45-61(64)49-23-9-4-10-24-49)54-41-37-48(38-42-54)52-39-43-57-56-30-16-18-35-63(56)71(66(57)46-52)53-27-13-6-14-28-53/h3-46H,1-2H3. The summed E-state index contributed by atoms with van der Waals surface area (Å²) >= 11 is 0. The van der Waals surface area contributed by atoms with Crippen LogP contribution in [0.3, 0.4) is 0 Å².